The molecule has 5 rings (SSSR count). The fourth-order valence-electron chi connectivity index (χ4n) is 4.31. The molecule has 0 saturated carbocycles. The number of pyridine rings is 1. The van der Waals surface area contributed by atoms with Crippen molar-refractivity contribution in [3.8, 4) is 0 Å². The van der Waals surface area contributed by atoms with Crippen molar-refractivity contribution in [3.63, 3.8) is 0 Å². The van der Waals surface area contributed by atoms with Crippen LogP contribution in [0.25, 0.3) is 11.2 Å². The first kappa shape index (κ1) is 25.6. The molecule has 1 saturated heterocycles. The SMILES string of the molecule is CCO/N=C(\C(=O)NC1C(=O)N2C(C(=O)[O-])=C(C[n+]3cccc4c3ncn4CC)CSC12)c1nsc(N)n1. The number of hydrogen-bond acceptors (Lipinski definition) is 12. The largest absolute Gasteiger partial charge is 0.543 e. The molecule has 16 heteroatoms. The van der Waals surface area contributed by atoms with E-state index >= 15 is 0 Å². The minimum atomic E-state index is -1.46. The molecule has 2 unspecified atom stereocenters. The number of oxime groups is 1. The van der Waals surface area contributed by atoms with Gasteiger partial charge in [-0.05, 0) is 31.0 Å². The van der Waals surface area contributed by atoms with Crippen LogP contribution in [0.1, 0.15) is 19.7 Å². The van der Waals surface area contributed by atoms with Crippen molar-refractivity contribution < 1.29 is 28.9 Å². The third-order valence-corrected chi connectivity index (χ3v) is 7.91. The number of carbonyl (C=O) groups excluding carboxylic acids is 3. The lowest BCUT2D eigenvalue weighted by Gasteiger charge is -2.50. The maximum absolute atomic E-state index is 13.1. The summed E-state index contributed by atoms with van der Waals surface area (Å²) in [5.74, 6) is -2.50. The quantitative estimate of drug-likeness (QED) is 0.138. The molecule has 5 heterocycles. The molecule has 0 aliphatic carbocycles. The lowest BCUT2D eigenvalue weighted by atomic mass is 10.0. The van der Waals surface area contributed by atoms with Crippen molar-refractivity contribution in [1.29, 1.82) is 0 Å². The van der Waals surface area contributed by atoms with E-state index in [2.05, 4.69) is 24.8 Å². The summed E-state index contributed by atoms with van der Waals surface area (Å²) in [5, 5.41) is 18.1. The standard InChI is InChI=1S/C22H23N9O5S2/c1-3-29-10-24-17-12(29)6-5-7-30(17)8-11-9-37-20-14(19(33)31(20)15(11)21(34)35)25-18(32)13(27-36-4-2)16-26-22(23)38-28-16/h5-7,10,14,20H,3-4,8-9H2,1-2H3,(H3-,23,25,26,28,32,34,35)/b27-13-. The predicted octanol–water partition coefficient (Wildman–Crippen LogP) is -1.38. The first-order chi connectivity index (χ1) is 18.3. The fourth-order valence-corrected chi connectivity index (χ4v) is 6.08. The first-order valence-corrected chi connectivity index (χ1v) is 13.5. The Balaban J connectivity index is 1.38. The number of carbonyl (C=O) groups is 3. The zero-order chi connectivity index (χ0) is 27.0. The molecule has 2 atom stereocenters. The molecule has 2 aliphatic heterocycles. The van der Waals surface area contributed by atoms with Crippen molar-refractivity contribution in [2.24, 2.45) is 5.16 Å². The van der Waals surface area contributed by atoms with Gasteiger partial charge in [0.2, 0.25) is 17.9 Å². The number of thioether (sulfide) groups is 1. The number of nitrogens with two attached hydrogens (primary N) is 1. The molecule has 2 aliphatic rings. The zero-order valence-electron chi connectivity index (χ0n) is 20.4. The van der Waals surface area contributed by atoms with Crippen LogP contribution in [-0.4, -0.2) is 71.1 Å². The minimum absolute atomic E-state index is 0.0345. The van der Waals surface area contributed by atoms with Crippen LogP contribution in [0.3, 0.4) is 0 Å². The van der Waals surface area contributed by atoms with Gasteiger partial charge in [0.15, 0.2) is 5.13 Å². The van der Waals surface area contributed by atoms with Gasteiger partial charge >= 0.3 is 5.65 Å². The van der Waals surface area contributed by atoms with Crippen LogP contribution in [0.4, 0.5) is 5.13 Å². The van der Waals surface area contributed by atoms with Gasteiger partial charge < -0.3 is 30.4 Å². The molecule has 0 aromatic carbocycles. The number of imidazole rings is 1. The van der Waals surface area contributed by atoms with E-state index < -0.39 is 29.2 Å². The average Bonchev–Trinajstić information content (AvgIpc) is 3.53. The molecule has 1 fully saturated rings. The molecular weight excluding hydrogens is 534 g/mol. The Hall–Kier alpha value is -4.05. The van der Waals surface area contributed by atoms with Gasteiger partial charge in [-0.1, -0.05) is 5.16 Å². The topological polar surface area (TPSA) is 185 Å². The molecule has 2 amide bonds. The summed E-state index contributed by atoms with van der Waals surface area (Å²) in [4.78, 5) is 52.9. The maximum atomic E-state index is 13.1. The van der Waals surface area contributed by atoms with Gasteiger partial charge in [-0.15, -0.1) is 11.8 Å². The van der Waals surface area contributed by atoms with Crippen LogP contribution in [0.2, 0.25) is 0 Å². The van der Waals surface area contributed by atoms with Crippen molar-refractivity contribution in [2.75, 3.05) is 18.1 Å². The van der Waals surface area contributed by atoms with E-state index in [1.165, 1.54) is 11.8 Å². The number of carboxylic acid groups (broad SMARTS) is 1. The van der Waals surface area contributed by atoms with Crippen LogP contribution in [0, 0.1) is 0 Å². The smallest absolute Gasteiger partial charge is 0.349 e. The van der Waals surface area contributed by atoms with Crippen LogP contribution >= 0.6 is 23.3 Å². The van der Waals surface area contributed by atoms with Gasteiger partial charge in [0.05, 0.1) is 17.9 Å². The highest BCUT2D eigenvalue weighted by Crippen LogP contribution is 2.40. The number of aromatic nitrogens is 5. The predicted molar refractivity (Wildman–Crippen MR) is 135 cm³/mol. The van der Waals surface area contributed by atoms with Crippen LogP contribution in [0.15, 0.2) is 41.1 Å². The Labute approximate surface area is 224 Å². The summed E-state index contributed by atoms with van der Waals surface area (Å²) < 4.78 is 7.81. The number of nitrogens with zero attached hydrogens (tertiary/aromatic N) is 7. The van der Waals surface area contributed by atoms with Crippen LogP contribution in [0.5, 0.6) is 0 Å². The van der Waals surface area contributed by atoms with Crippen LogP contribution in [-0.2, 0) is 32.3 Å². The minimum Gasteiger partial charge on any atom is -0.543 e. The Morgan fingerprint density at radius 3 is 2.89 bits per heavy atom. The highest BCUT2D eigenvalue weighted by molar-refractivity contribution is 8.00. The Morgan fingerprint density at radius 1 is 1.39 bits per heavy atom. The Kier molecular flexibility index (Phi) is 6.98. The summed E-state index contributed by atoms with van der Waals surface area (Å²) in [5.41, 5.74) is 7.31. The molecule has 198 valence electrons. The van der Waals surface area contributed by atoms with Crippen molar-refractivity contribution in [3.05, 3.63) is 41.8 Å². The normalized spacial score (nSPS) is 19.4. The second-order valence-electron chi connectivity index (χ2n) is 8.29. The number of amides is 2. The number of aliphatic carboxylic acids is 1. The lowest BCUT2D eigenvalue weighted by molar-refractivity contribution is -0.664. The Bertz CT molecular complexity index is 1500. The third-order valence-electron chi connectivity index (χ3n) is 6.03. The summed E-state index contributed by atoms with van der Waals surface area (Å²) in [6, 6.07) is 2.82. The molecule has 0 radical (unpaired) electrons. The fraction of sp³-hybridized carbons (Fsp3) is 0.364. The number of aryl methyl sites for hydroxylation is 1. The second-order valence-corrected chi connectivity index (χ2v) is 10.2. The molecular formula is C22H23N9O5S2. The molecule has 3 aromatic rings. The Morgan fingerprint density at radius 2 is 2.21 bits per heavy atom. The summed E-state index contributed by atoms with van der Waals surface area (Å²) in [6.07, 6.45) is 3.54. The van der Waals surface area contributed by atoms with Crippen molar-refractivity contribution >= 4 is 63.1 Å². The molecule has 38 heavy (non-hydrogen) atoms. The number of nitrogens with one attached hydrogen (secondary N) is 1. The van der Waals surface area contributed by atoms with E-state index in [-0.39, 0.29) is 35.5 Å². The number of carboxylic acids is 1. The van der Waals surface area contributed by atoms with Gasteiger partial charge in [0.1, 0.15) is 30.1 Å². The molecule has 0 spiro atoms. The summed E-state index contributed by atoms with van der Waals surface area (Å²) in [6.45, 7) is 4.84. The monoisotopic (exact) mass is 557 g/mol. The lowest BCUT2D eigenvalue weighted by Crippen LogP contribution is -2.71. The maximum Gasteiger partial charge on any atom is 0.349 e. The number of β-lactam (4-membered cyclic amide) rings is 1. The van der Waals surface area contributed by atoms with Gasteiger partial charge in [0.25, 0.3) is 11.8 Å². The van der Waals surface area contributed by atoms with Gasteiger partial charge in [-0.2, -0.15) is 9.36 Å². The van der Waals surface area contributed by atoms with Gasteiger partial charge in [0, 0.05) is 29.4 Å². The third kappa shape index (κ3) is 4.45. The average molecular weight is 558 g/mol. The molecule has 3 N–H and O–H groups in total. The molecule has 3 aromatic heterocycles. The van der Waals surface area contributed by atoms with Crippen molar-refractivity contribution in [1.82, 2.24) is 29.1 Å². The number of nitrogen functional groups attached to an aromatic ring is 1. The molecule has 0 bridgehead atoms. The summed E-state index contributed by atoms with van der Waals surface area (Å²) >= 11 is 2.23. The zero-order valence-corrected chi connectivity index (χ0v) is 22.0. The van der Waals surface area contributed by atoms with E-state index in [4.69, 9.17) is 10.6 Å². The summed E-state index contributed by atoms with van der Waals surface area (Å²) in [7, 11) is 0. The van der Waals surface area contributed by atoms with Crippen LogP contribution < -0.4 is 20.7 Å². The first-order valence-electron chi connectivity index (χ1n) is 11.7. The van der Waals surface area contributed by atoms with Gasteiger partial charge in [-0.25, -0.2) is 4.57 Å². The van der Waals surface area contributed by atoms with E-state index in [1.807, 2.05) is 34.4 Å². The van der Waals surface area contributed by atoms with E-state index in [1.54, 1.807) is 13.3 Å². The highest BCUT2D eigenvalue weighted by atomic mass is 32.2. The number of rotatable bonds is 9. The molecule has 14 nitrogen and oxygen atoms in total. The van der Waals surface area contributed by atoms with E-state index in [0.29, 0.717) is 17.0 Å². The van der Waals surface area contributed by atoms with E-state index in [0.717, 1.165) is 28.5 Å². The number of fused-ring (bicyclic) bond motifs is 2. The van der Waals surface area contributed by atoms with Gasteiger partial charge in [-0.3, -0.25) is 14.5 Å². The highest BCUT2D eigenvalue weighted by Gasteiger charge is 2.53. The second kappa shape index (κ2) is 10.4. The number of hydrogen-bond donors (Lipinski definition) is 2. The van der Waals surface area contributed by atoms with Crippen molar-refractivity contribution in [2.45, 2.75) is 38.4 Å². The van der Waals surface area contributed by atoms with E-state index in [9.17, 15) is 19.5 Å². The number of anilines is 1.